The Kier molecular flexibility index (Phi) is 8.38. The number of fused-ring (bicyclic) bond motifs is 4. The Morgan fingerprint density at radius 3 is 1.75 bits per heavy atom. The molecule has 9 aromatic carbocycles. The van der Waals surface area contributed by atoms with Crippen molar-refractivity contribution in [3.63, 3.8) is 0 Å². The minimum absolute atomic E-state index is 0.405. The van der Waals surface area contributed by atoms with Gasteiger partial charge in [-0.25, -0.2) is 0 Å². The number of hydrogen-bond acceptors (Lipinski definition) is 2. The third-order valence-corrected chi connectivity index (χ3v) is 10.9. The van der Waals surface area contributed by atoms with Crippen LogP contribution in [0, 0.1) is 0 Å². The molecular weight excluding hydrogens is 681 g/mol. The lowest BCUT2D eigenvalue weighted by Gasteiger charge is -2.16. The summed E-state index contributed by atoms with van der Waals surface area (Å²) in [5.74, 6) is 0.705. The molecule has 0 atom stereocenters. The third kappa shape index (κ3) is 5.96. The van der Waals surface area contributed by atoms with E-state index in [2.05, 4.69) is 199 Å². The summed E-state index contributed by atoms with van der Waals surface area (Å²) in [6.45, 7) is 0.405. The zero-order valence-corrected chi connectivity index (χ0v) is 30.8. The van der Waals surface area contributed by atoms with E-state index in [0.29, 0.717) is 18.0 Å². The van der Waals surface area contributed by atoms with Gasteiger partial charge in [0.15, 0.2) is 5.75 Å². The van der Waals surface area contributed by atoms with E-state index in [1.54, 1.807) is 0 Å². The molecule has 0 spiro atoms. The van der Waals surface area contributed by atoms with Crippen LogP contribution in [0.15, 0.2) is 206 Å². The van der Waals surface area contributed by atoms with Crippen LogP contribution in [0.2, 0.25) is 0 Å². The summed E-state index contributed by atoms with van der Waals surface area (Å²) in [7, 11) is 0. The van der Waals surface area contributed by atoms with Crippen molar-refractivity contribution in [3.8, 4) is 55.9 Å². The highest BCUT2D eigenvalue weighted by Crippen LogP contribution is 2.41. The van der Waals surface area contributed by atoms with Crippen molar-refractivity contribution < 1.29 is 4.74 Å². The van der Waals surface area contributed by atoms with Crippen LogP contribution in [0.1, 0.15) is 5.56 Å². The van der Waals surface area contributed by atoms with E-state index in [4.69, 9.17) is 10.5 Å². The normalized spacial score (nSPS) is 11.4. The number of rotatable bonds is 8. The lowest BCUT2D eigenvalue weighted by molar-refractivity contribution is 0.309. The Morgan fingerprint density at radius 1 is 0.393 bits per heavy atom. The van der Waals surface area contributed by atoms with Gasteiger partial charge in [-0.1, -0.05) is 164 Å². The average molecular weight is 719 g/mol. The SMILES string of the molecule is Nc1cccc(-c2ccc3ccccc3c2)c1OCc1ccc(-c2ccccc2-c2ccccc2-c2ccc3c(c2)c2ccccc2n3-c2ccccc2)cc1. The molecule has 0 aliphatic carbocycles. The summed E-state index contributed by atoms with van der Waals surface area (Å²) in [4.78, 5) is 0. The molecule has 266 valence electrons. The summed E-state index contributed by atoms with van der Waals surface area (Å²) in [6.07, 6.45) is 0. The molecule has 0 aliphatic rings. The van der Waals surface area contributed by atoms with E-state index in [-0.39, 0.29) is 0 Å². The Morgan fingerprint density at radius 2 is 0.964 bits per heavy atom. The topological polar surface area (TPSA) is 40.2 Å². The second kappa shape index (κ2) is 14.1. The zero-order chi connectivity index (χ0) is 37.4. The molecule has 0 aliphatic heterocycles. The van der Waals surface area contributed by atoms with Gasteiger partial charge < -0.3 is 15.0 Å². The highest BCUT2D eigenvalue weighted by molar-refractivity contribution is 6.11. The molecule has 0 saturated heterocycles. The standard InChI is InChI=1S/C53H38N2O/c54-50-23-12-22-45(40-30-29-37-13-4-5-14-39(37)33-40)53(50)56-35-36-25-27-38(28-26-36)43-17-6-8-19-46(43)47-20-9-7-18-44(47)41-31-32-52-49(34-41)48-21-10-11-24-51(48)55(52)42-15-2-1-3-16-42/h1-34H,35,54H2. The van der Waals surface area contributed by atoms with Crippen molar-refractivity contribution in [2.45, 2.75) is 6.61 Å². The first-order chi connectivity index (χ1) is 27.7. The fourth-order valence-corrected chi connectivity index (χ4v) is 8.17. The first kappa shape index (κ1) is 33.2. The third-order valence-electron chi connectivity index (χ3n) is 10.9. The number of anilines is 1. The maximum absolute atomic E-state index is 6.51. The Balaban J connectivity index is 0.965. The van der Waals surface area contributed by atoms with Gasteiger partial charge in [0.05, 0.1) is 16.7 Å². The van der Waals surface area contributed by atoms with Crippen LogP contribution < -0.4 is 10.5 Å². The summed E-state index contributed by atoms with van der Waals surface area (Å²) in [5, 5.41) is 4.88. The maximum Gasteiger partial charge on any atom is 0.150 e. The van der Waals surface area contributed by atoms with Crippen molar-refractivity contribution in [2.75, 3.05) is 5.73 Å². The first-order valence-corrected chi connectivity index (χ1v) is 19.1. The summed E-state index contributed by atoms with van der Waals surface area (Å²) in [6, 6.07) is 73.2. The average Bonchev–Trinajstić information content (AvgIpc) is 3.60. The predicted octanol–water partition coefficient (Wildman–Crippen LogP) is 13.8. The Labute approximate surface area is 326 Å². The van der Waals surface area contributed by atoms with Gasteiger partial charge >= 0.3 is 0 Å². The number of hydrogen-bond donors (Lipinski definition) is 1. The summed E-state index contributed by atoms with van der Waals surface area (Å²) >= 11 is 0. The van der Waals surface area contributed by atoms with Crippen LogP contribution >= 0.6 is 0 Å². The molecule has 0 unspecified atom stereocenters. The molecule has 3 nitrogen and oxygen atoms in total. The molecule has 0 bridgehead atoms. The van der Waals surface area contributed by atoms with Crippen LogP contribution in [0.3, 0.4) is 0 Å². The fourth-order valence-electron chi connectivity index (χ4n) is 8.17. The molecule has 10 rings (SSSR count). The zero-order valence-electron chi connectivity index (χ0n) is 30.8. The molecule has 56 heavy (non-hydrogen) atoms. The number of benzene rings is 9. The molecule has 1 aromatic heterocycles. The number of para-hydroxylation sites is 3. The predicted molar refractivity (Wildman–Crippen MR) is 235 cm³/mol. The molecule has 0 saturated carbocycles. The van der Waals surface area contributed by atoms with E-state index in [1.807, 2.05) is 12.1 Å². The maximum atomic E-state index is 6.51. The fraction of sp³-hybridized carbons (Fsp3) is 0.0189. The second-order valence-corrected chi connectivity index (χ2v) is 14.3. The number of aromatic nitrogens is 1. The van der Waals surface area contributed by atoms with Gasteiger partial charge in [0, 0.05) is 22.0 Å². The highest BCUT2D eigenvalue weighted by Gasteiger charge is 2.17. The molecule has 0 amide bonds. The molecule has 0 radical (unpaired) electrons. The van der Waals surface area contributed by atoms with E-state index < -0.39 is 0 Å². The van der Waals surface area contributed by atoms with Crippen LogP contribution in [0.25, 0.3) is 82.8 Å². The molecular formula is C53H38N2O. The molecule has 1 heterocycles. The summed E-state index contributed by atoms with van der Waals surface area (Å²) < 4.78 is 8.85. The van der Waals surface area contributed by atoms with E-state index in [9.17, 15) is 0 Å². The van der Waals surface area contributed by atoms with Gasteiger partial charge in [0.25, 0.3) is 0 Å². The van der Waals surface area contributed by atoms with E-state index in [0.717, 1.165) is 27.9 Å². The lowest BCUT2D eigenvalue weighted by Crippen LogP contribution is -2.01. The summed E-state index contributed by atoms with van der Waals surface area (Å²) in [5.41, 5.74) is 20.9. The highest BCUT2D eigenvalue weighted by atomic mass is 16.5. The van der Waals surface area contributed by atoms with Gasteiger partial charge in [0.1, 0.15) is 6.61 Å². The largest absolute Gasteiger partial charge is 0.486 e. The van der Waals surface area contributed by atoms with E-state index >= 15 is 0 Å². The molecule has 0 fully saturated rings. The number of nitrogen functional groups attached to an aromatic ring is 1. The van der Waals surface area contributed by atoms with Gasteiger partial charge in [0.2, 0.25) is 0 Å². The van der Waals surface area contributed by atoms with E-state index in [1.165, 1.54) is 60.4 Å². The lowest BCUT2D eigenvalue weighted by atomic mass is 9.89. The number of nitrogens with zero attached hydrogens (tertiary/aromatic N) is 1. The van der Waals surface area contributed by atoms with Gasteiger partial charge in [-0.2, -0.15) is 0 Å². The molecule has 10 aromatic rings. The number of ether oxygens (including phenoxy) is 1. The quantitative estimate of drug-likeness (QED) is 0.159. The van der Waals surface area contributed by atoms with Crippen LogP contribution in [-0.2, 0) is 6.61 Å². The molecule has 3 heteroatoms. The minimum Gasteiger partial charge on any atom is -0.486 e. The van der Waals surface area contributed by atoms with Crippen molar-refractivity contribution in [3.05, 3.63) is 212 Å². The van der Waals surface area contributed by atoms with Crippen LogP contribution in [0.5, 0.6) is 5.75 Å². The van der Waals surface area contributed by atoms with Gasteiger partial charge in [-0.3, -0.25) is 0 Å². The molecule has 2 N–H and O–H groups in total. The minimum atomic E-state index is 0.405. The monoisotopic (exact) mass is 718 g/mol. The second-order valence-electron chi connectivity index (χ2n) is 14.3. The Bertz CT molecular complexity index is 3030. The van der Waals surface area contributed by atoms with Gasteiger partial charge in [-0.05, 0) is 97.7 Å². The van der Waals surface area contributed by atoms with Crippen molar-refractivity contribution in [1.82, 2.24) is 4.57 Å². The first-order valence-electron chi connectivity index (χ1n) is 19.1. The van der Waals surface area contributed by atoms with Gasteiger partial charge in [-0.15, -0.1) is 0 Å². The Hall–Kier alpha value is -7.36. The van der Waals surface area contributed by atoms with Crippen molar-refractivity contribution in [2.24, 2.45) is 0 Å². The van der Waals surface area contributed by atoms with Crippen molar-refractivity contribution >= 4 is 38.3 Å². The number of nitrogens with two attached hydrogens (primary N) is 1. The van der Waals surface area contributed by atoms with Crippen LogP contribution in [0.4, 0.5) is 5.69 Å². The smallest absolute Gasteiger partial charge is 0.150 e. The van der Waals surface area contributed by atoms with Crippen molar-refractivity contribution in [1.29, 1.82) is 0 Å². The van der Waals surface area contributed by atoms with Crippen LogP contribution in [-0.4, -0.2) is 4.57 Å².